The number of carbonyl (C=O) groups is 2. The van der Waals surface area contributed by atoms with Gasteiger partial charge in [-0.15, -0.1) is 0 Å². The minimum absolute atomic E-state index is 0.0395. The van der Waals surface area contributed by atoms with Gasteiger partial charge >= 0.3 is 0 Å². The van der Waals surface area contributed by atoms with Gasteiger partial charge in [-0.3, -0.25) is 14.5 Å². The highest BCUT2D eigenvalue weighted by Crippen LogP contribution is 2.42. The van der Waals surface area contributed by atoms with Crippen LogP contribution in [0, 0.1) is 5.92 Å². The second-order valence-electron chi connectivity index (χ2n) is 11.9. The lowest BCUT2D eigenvalue weighted by Gasteiger charge is -2.43. The largest absolute Gasteiger partial charge is 0.392 e. The monoisotopic (exact) mass is 606 g/mol. The van der Waals surface area contributed by atoms with Crippen LogP contribution in [0.3, 0.4) is 0 Å². The molecular formula is C37H38N2O6. The van der Waals surface area contributed by atoms with E-state index in [9.17, 15) is 19.8 Å². The van der Waals surface area contributed by atoms with E-state index < -0.39 is 12.4 Å². The molecule has 0 aliphatic carbocycles. The molecule has 6 atom stereocenters. The molecule has 2 aliphatic rings. The summed E-state index contributed by atoms with van der Waals surface area (Å²) in [4.78, 5) is 29.4. The van der Waals surface area contributed by atoms with Gasteiger partial charge in [0.05, 0.1) is 41.7 Å². The smallest absolute Gasteiger partial charge is 0.266 e. The SMILES string of the molecule is CC1C(CN(C)C(C)C(O)c2ccccc2)OC(c2ccc(N3C(=O)c4ccccc4C3=O)cc2)OC1c1ccc(CO)cc1. The number of hydrogen-bond donors (Lipinski definition) is 2. The summed E-state index contributed by atoms with van der Waals surface area (Å²) in [6.45, 7) is 4.61. The van der Waals surface area contributed by atoms with E-state index in [2.05, 4.69) is 11.8 Å². The molecule has 4 aromatic rings. The van der Waals surface area contributed by atoms with Crippen LogP contribution in [0.25, 0.3) is 0 Å². The van der Waals surface area contributed by atoms with E-state index in [1.165, 1.54) is 4.90 Å². The zero-order chi connectivity index (χ0) is 31.7. The van der Waals surface area contributed by atoms with Gasteiger partial charge in [-0.05, 0) is 54.9 Å². The maximum absolute atomic E-state index is 13.0. The van der Waals surface area contributed by atoms with Crippen molar-refractivity contribution in [3.63, 3.8) is 0 Å². The zero-order valence-corrected chi connectivity index (χ0v) is 25.6. The molecule has 0 bridgehead atoms. The Morgan fingerprint density at radius 2 is 1.38 bits per heavy atom. The lowest BCUT2D eigenvalue weighted by molar-refractivity contribution is -0.276. The molecule has 8 nitrogen and oxygen atoms in total. The van der Waals surface area contributed by atoms with E-state index in [0.29, 0.717) is 23.4 Å². The molecule has 2 heterocycles. The van der Waals surface area contributed by atoms with Crippen LogP contribution in [0.4, 0.5) is 5.69 Å². The van der Waals surface area contributed by atoms with Gasteiger partial charge in [-0.25, -0.2) is 4.90 Å². The number of rotatable bonds is 9. The lowest BCUT2D eigenvalue weighted by atomic mass is 9.89. The highest BCUT2D eigenvalue weighted by Gasteiger charge is 2.40. The van der Waals surface area contributed by atoms with Crippen molar-refractivity contribution < 1.29 is 29.3 Å². The summed E-state index contributed by atoms with van der Waals surface area (Å²) in [7, 11) is 1.99. The minimum Gasteiger partial charge on any atom is -0.392 e. The average Bonchev–Trinajstić information content (AvgIpc) is 3.34. The molecule has 1 fully saturated rings. The summed E-state index contributed by atoms with van der Waals surface area (Å²) < 4.78 is 13.2. The number of hydrogen-bond acceptors (Lipinski definition) is 7. The number of nitrogens with zero attached hydrogens (tertiary/aromatic N) is 2. The summed E-state index contributed by atoms with van der Waals surface area (Å²) >= 11 is 0. The van der Waals surface area contributed by atoms with Gasteiger partial charge in [0.2, 0.25) is 0 Å². The average molecular weight is 607 g/mol. The Kier molecular flexibility index (Phi) is 8.94. The van der Waals surface area contributed by atoms with Crippen LogP contribution >= 0.6 is 0 Å². The van der Waals surface area contributed by atoms with Crippen molar-refractivity contribution in [2.45, 2.75) is 51.1 Å². The van der Waals surface area contributed by atoms with Crippen molar-refractivity contribution in [1.82, 2.24) is 4.90 Å². The van der Waals surface area contributed by atoms with Gasteiger partial charge in [0, 0.05) is 24.1 Å². The normalized spacial score (nSPS) is 22.8. The van der Waals surface area contributed by atoms with Gasteiger partial charge in [0.1, 0.15) is 0 Å². The van der Waals surface area contributed by atoms with E-state index in [-0.39, 0.29) is 42.6 Å². The number of aliphatic hydroxyl groups excluding tert-OH is 2. The Bertz CT molecular complexity index is 1610. The van der Waals surface area contributed by atoms with Crippen molar-refractivity contribution >= 4 is 17.5 Å². The van der Waals surface area contributed by atoms with Crippen LogP contribution in [0.15, 0.2) is 103 Å². The molecule has 0 radical (unpaired) electrons. The molecule has 6 unspecified atom stereocenters. The summed E-state index contributed by atoms with van der Waals surface area (Å²) in [6, 6.07) is 31.2. The first-order valence-corrected chi connectivity index (χ1v) is 15.3. The fourth-order valence-corrected chi connectivity index (χ4v) is 6.15. The maximum atomic E-state index is 13.0. The second kappa shape index (κ2) is 13.0. The summed E-state index contributed by atoms with van der Waals surface area (Å²) in [5.41, 5.74) is 4.67. The third kappa shape index (κ3) is 6.08. The standard InChI is InChI=1S/C37H38N2O6/c1-23-32(21-38(3)24(2)33(41)26-9-5-4-6-10-26)44-37(45-34(23)27-15-13-25(22-40)14-16-27)28-17-19-29(20-18-28)39-35(42)30-11-7-8-12-31(30)36(39)43/h4-20,23-24,32-34,37,40-41H,21-22H2,1-3H3. The number of anilines is 1. The molecule has 45 heavy (non-hydrogen) atoms. The number of likely N-dealkylation sites (N-methyl/N-ethyl adjacent to an activating group) is 1. The Hall–Kier alpha value is -4.18. The zero-order valence-electron chi connectivity index (χ0n) is 25.6. The van der Waals surface area contributed by atoms with Crippen LogP contribution < -0.4 is 4.90 Å². The summed E-state index contributed by atoms with van der Waals surface area (Å²) in [6.07, 6.45) is -1.94. The fourth-order valence-electron chi connectivity index (χ4n) is 6.15. The number of amides is 2. The molecule has 2 N–H and O–H groups in total. The molecule has 0 aromatic heterocycles. The van der Waals surface area contributed by atoms with Gasteiger partial charge in [0.25, 0.3) is 11.8 Å². The highest BCUT2D eigenvalue weighted by atomic mass is 16.7. The number of fused-ring (bicyclic) bond motifs is 1. The van der Waals surface area contributed by atoms with E-state index in [0.717, 1.165) is 22.3 Å². The molecule has 8 heteroatoms. The number of carbonyl (C=O) groups excluding carboxylic acids is 2. The Balaban J connectivity index is 1.25. The molecule has 0 spiro atoms. The van der Waals surface area contributed by atoms with Gasteiger partial charge in [-0.1, -0.05) is 85.8 Å². The predicted molar refractivity (Wildman–Crippen MR) is 170 cm³/mol. The number of imide groups is 1. The second-order valence-corrected chi connectivity index (χ2v) is 11.9. The van der Waals surface area contributed by atoms with Crippen LogP contribution in [0.1, 0.15) is 75.3 Å². The van der Waals surface area contributed by atoms with Crippen LogP contribution in [0.2, 0.25) is 0 Å². The minimum atomic E-state index is -0.715. The molecule has 2 amide bonds. The van der Waals surface area contributed by atoms with E-state index in [1.807, 2.05) is 80.7 Å². The van der Waals surface area contributed by atoms with Crippen molar-refractivity contribution in [3.8, 4) is 0 Å². The van der Waals surface area contributed by atoms with Crippen molar-refractivity contribution in [2.24, 2.45) is 5.92 Å². The van der Waals surface area contributed by atoms with Crippen LogP contribution in [-0.2, 0) is 16.1 Å². The number of aliphatic hydroxyl groups is 2. The third-order valence-electron chi connectivity index (χ3n) is 9.10. The summed E-state index contributed by atoms with van der Waals surface area (Å²) in [5, 5.41) is 20.7. The molecule has 232 valence electrons. The van der Waals surface area contributed by atoms with Crippen molar-refractivity contribution in [1.29, 1.82) is 0 Å². The van der Waals surface area contributed by atoms with Crippen LogP contribution in [0.5, 0.6) is 0 Å². The van der Waals surface area contributed by atoms with Gasteiger partial charge in [-0.2, -0.15) is 0 Å². The van der Waals surface area contributed by atoms with Gasteiger partial charge < -0.3 is 19.7 Å². The van der Waals surface area contributed by atoms with E-state index in [4.69, 9.17) is 9.47 Å². The maximum Gasteiger partial charge on any atom is 0.266 e. The topological polar surface area (TPSA) is 99.5 Å². The Morgan fingerprint density at radius 1 is 0.800 bits per heavy atom. The number of benzene rings is 4. The first-order valence-electron chi connectivity index (χ1n) is 15.3. The Labute approximate surface area is 263 Å². The first kappa shape index (κ1) is 30.8. The molecule has 2 aliphatic heterocycles. The van der Waals surface area contributed by atoms with Crippen molar-refractivity contribution in [2.75, 3.05) is 18.5 Å². The lowest BCUT2D eigenvalue weighted by Crippen LogP contribution is -2.46. The molecule has 1 saturated heterocycles. The predicted octanol–water partition coefficient (Wildman–Crippen LogP) is 5.82. The Morgan fingerprint density at radius 3 is 1.98 bits per heavy atom. The first-order chi connectivity index (χ1) is 21.8. The molecular weight excluding hydrogens is 568 g/mol. The molecule has 6 rings (SSSR count). The quantitative estimate of drug-likeness (QED) is 0.232. The molecule has 0 saturated carbocycles. The van der Waals surface area contributed by atoms with E-state index >= 15 is 0 Å². The van der Waals surface area contributed by atoms with E-state index in [1.54, 1.807) is 36.4 Å². The highest BCUT2D eigenvalue weighted by molar-refractivity contribution is 6.34. The van der Waals surface area contributed by atoms with Crippen molar-refractivity contribution in [3.05, 3.63) is 137 Å². The molecule has 4 aromatic carbocycles. The summed E-state index contributed by atoms with van der Waals surface area (Å²) in [5.74, 6) is -0.727. The fraction of sp³-hybridized carbons (Fsp3) is 0.297. The van der Waals surface area contributed by atoms with Crippen LogP contribution in [-0.4, -0.2) is 52.7 Å². The van der Waals surface area contributed by atoms with Gasteiger partial charge in [0.15, 0.2) is 6.29 Å². The number of ether oxygens (including phenoxy) is 2. The third-order valence-corrected chi connectivity index (χ3v) is 9.10.